The van der Waals surface area contributed by atoms with Crippen LogP contribution in [-0.4, -0.2) is 31.4 Å². The zero-order chi connectivity index (χ0) is 16.2. The standard InChI is InChI=1S/C17H20FN5/c1-3-23(11-13-8-20-22(2)10-13)12-15-9-19-21-17(15)14-4-6-16(18)7-5-14/h4-10H,3,11-12H2,1-2H3,(H,19,21). The number of rotatable bonds is 6. The van der Waals surface area contributed by atoms with Gasteiger partial charge in [-0.05, 0) is 30.8 Å². The van der Waals surface area contributed by atoms with Crippen molar-refractivity contribution in [2.24, 2.45) is 7.05 Å². The molecule has 23 heavy (non-hydrogen) atoms. The number of benzene rings is 1. The minimum Gasteiger partial charge on any atom is -0.295 e. The maximum absolute atomic E-state index is 13.1. The molecule has 0 aliphatic heterocycles. The third-order valence-corrected chi connectivity index (χ3v) is 3.86. The van der Waals surface area contributed by atoms with Crippen molar-refractivity contribution in [3.63, 3.8) is 0 Å². The summed E-state index contributed by atoms with van der Waals surface area (Å²) in [6, 6.07) is 6.47. The number of hydrogen-bond donors (Lipinski definition) is 1. The van der Waals surface area contributed by atoms with Crippen molar-refractivity contribution in [3.8, 4) is 11.3 Å². The minimum atomic E-state index is -0.235. The predicted octanol–water partition coefficient (Wildman–Crippen LogP) is 2.97. The van der Waals surface area contributed by atoms with Gasteiger partial charge in [0.25, 0.3) is 0 Å². The van der Waals surface area contributed by atoms with E-state index in [4.69, 9.17) is 0 Å². The van der Waals surface area contributed by atoms with E-state index in [2.05, 4.69) is 27.1 Å². The monoisotopic (exact) mass is 313 g/mol. The van der Waals surface area contributed by atoms with Crippen LogP contribution in [0.5, 0.6) is 0 Å². The summed E-state index contributed by atoms with van der Waals surface area (Å²) >= 11 is 0. The Hall–Kier alpha value is -2.47. The van der Waals surface area contributed by atoms with Gasteiger partial charge in [0.2, 0.25) is 0 Å². The molecule has 5 nitrogen and oxygen atoms in total. The van der Waals surface area contributed by atoms with Crippen molar-refractivity contribution in [2.75, 3.05) is 6.54 Å². The molecule has 0 amide bonds. The summed E-state index contributed by atoms with van der Waals surface area (Å²) in [6.07, 6.45) is 5.75. The molecule has 0 atom stereocenters. The van der Waals surface area contributed by atoms with E-state index in [1.807, 2.05) is 30.3 Å². The summed E-state index contributed by atoms with van der Waals surface area (Å²) in [6.45, 7) is 4.66. The minimum absolute atomic E-state index is 0.235. The maximum Gasteiger partial charge on any atom is 0.123 e. The van der Waals surface area contributed by atoms with E-state index in [0.29, 0.717) is 0 Å². The number of nitrogens with zero attached hydrogens (tertiary/aromatic N) is 4. The highest BCUT2D eigenvalue weighted by Crippen LogP contribution is 2.23. The van der Waals surface area contributed by atoms with Gasteiger partial charge in [0.15, 0.2) is 0 Å². The number of nitrogens with one attached hydrogen (secondary N) is 1. The van der Waals surface area contributed by atoms with E-state index < -0.39 is 0 Å². The van der Waals surface area contributed by atoms with E-state index in [1.165, 1.54) is 17.7 Å². The zero-order valence-electron chi connectivity index (χ0n) is 13.3. The van der Waals surface area contributed by atoms with Crippen LogP contribution >= 0.6 is 0 Å². The summed E-state index contributed by atoms with van der Waals surface area (Å²) in [4.78, 5) is 2.31. The molecule has 1 aromatic carbocycles. The summed E-state index contributed by atoms with van der Waals surface area (Å²) < 4.78 is 14.9. The Labute approximate surface area is 134 Å². The van der Waals surface area contributed by atoms with Crippen LogP contribution in [0.2, 0.25) is 0 Å². The van der Waals surface area contributed by atoms with Crippen molar-refractivity contribution in [1.82, 2.24) is 24.9 Å². The fourth-order valence-electron chi connectivity index (χ4n) is 2.63. The second-order valence-corrected chi connectivity index (χ2v) is 5.60. The fourth-order valence-corrected chi connectivity index (χ4v) is 2.63. The SMILES string of the molecule is CCN(Cc1cnn(C)c1)Cc1cn[nH]c1-c1ccc(F)cc1. The Bertz CT molecular complexity index is 759. The maximum atomic E-state index is 13.1. The quantitative estimate of drug-likeness (QED) is 0.761. The van der Waals surface area contributed by atoms with Gasteiger partial charge in [-0.15, -0.1) is 0 Å². The van der Waals surface area contributed by atoms with E-state index in [-0.39, 0.29) is 5.82 Å². The lowest BCUT2D eigenvalue weighted by Gasteiger charge is -2.19. The van der Waals surface area contributed by atoms with E-state index in [0.717, 1.165) is 36.5 Å². The van der Waals surface area contributed by atoms with Gasteiger partial charge in [0.1, 0.15) is 5.82 Å². The molecule has 0 saturated heterocycles. The van der Waals surface area contributed by atoms with Crippen LogP contribution in [0.15, 0.2) is 42.9 Å². The second kappa shape index (κ2) is 6.75. The van der Waals surface area contributed by atoms with Crippen LogP contribution in [0, 0.1) is 5.82 Å². The van der Waals surface area contributed by atoms with Crippen LogP contribution in [0.3, 0.4) is 0 Å². The number of aryl methyl sites for hydroxylation is 1. The number of aromatic nitrogens is 4. The van der Waals surface area contributed by atoms with Gasteiger partial charge in [-0.2, -0.15) is 10.2 Å². The molecular formula is C17H20FN5. The molecule has 3 rings (SSSR count). The van der Waals surface area contributed by atoms with Crippen LogP contribution in [0.25, 0.3) is 11.3 Å². The van der Waals surface area contributed by atoms with Crippen LogP contribution in [0.4, 0.5) is 4.39 Å². The molecule has 0 saturated carbocycles. The van der Waals surface area contributed by atoms with Crippen molar-refractivity contribution in [2.45, 2.75) is 20.0 Å². The van der Waals surface area contributed by atoms with Gasteiger partial charge in [-0.25, -0.2) is 4.39 Å². The third-order valence-electron chi connectivity index (χ3n) is 3.86. The van der Waals surface area contributed by atoms with E-state index >= 15 is 0 Å². The van der Waals surface area contributed by atoms with Crippen molar-refractivity contribution in [3.05, 3.63) is 59.8 Å². The van der Waals surface area contributed by atoms with Gasteiger partial charge >= 0.3 is 0 Å². The zero-order valence-corrected chi connectivity index (χ0v) is 13.3. The normalized spacial score (nSPS) is 11.3. The molecule has 1 N–H and O–H groups in total. The molecule has 3 aromatic rings. The lowest BCUT2D eigenvalue weighted by molar-refractivity contribution is 0.272. The summed E-state index contributed by atoms with van der Waals surface area (Å²) in [5, 5.41) is 11.4. The van der Waals surface area contributed by atoms with Crippen LogP contribution < -0.4 is 0 Å². The molecule has 0 aliphatic rings. The van der Waals surface area contributed by atoms with Gasteiger partial charge < -0.3 is 0 Å². The van der Waals surface area contributed by atoms with Crippen molar-refractivity contribution in [1.29, 1.82) is 0 Å². The first-order valence-electron chi connectivity index (χ1n) is 7.63. The molecule has 0 radical (unpaired) electrons. The lowest BCUT2D eigenvalue weighted by Crippen LogP contribution is -2.22. The molecule has 0 fully saturated rings. The average Bonchev–Trinajstić information content (AvgIpc) is 3.16. The second-order valence-electron chi connectivity index (χ2n) is 5.60. The molecule has 2 heterocycles. The van der Waals surface area contributed by atoms with E-state index in [9.17, 15) is 4.39 Å². The molecule has 0 spiro atoms. The smallest absolute Gasteiger partial charge is 0.123 e. The topological polar surface area (TPSA) is 49.7 Å². The number of H-pyrrole nitrogens is 1. The van der Waals surface area contributed by atoms with Gasteiger partial charge in [0.05, 0.1) is 18.1 Å². The molecule has 0 bridgehead atoms. The number of aromatic amines is 1. The van der Waals surface area contributed by atoms with Crippen molar-refractivity contribution >= 4 is 0 Å². The van der Waals surface area contributed by atoms with Gasteiger partial charge in [-0.1, -0.05) is 6.92 Å². The highest BCUT2D eigenvalue weighted by atomic mass is 19.1. The average molecular weight is 313 g/mol. The molecular weight excluding hydrogens is 293 g/mol. The van der Waals surface area contributed by atoms with Crippen LogP contribution in [0.1, 0.15) is 18.1 Å². The van der Waals surface area contributed by atoms with Crippen LogP contribution in [-0.2, 0) is 20.1 Å². The molecule has 2 aromatic heterocycles. The largest absolute Gasteiger partial charge is 0.295 e. The lowest BCUT2D eigenvalue weighted by atomic mass is 10.1. The molecule has 0 aliphatic carbocycles. The number of hydrogen-bond acceptors (Lipinski definition) is 3. The first-order valence-corrected chi connectivity index (χ1v) is 7.63. The summed E-state index contributed by atoms with van der Waals surface area (Å²) in [5.41, 5.74) is 4.16. The Morgan fingerprint density at radius 2 is 1.96 bits per heavy atom. The first kappa shape index (κ1) is 15.4. The Balaban J connectivity index is 1.76. The highest BCUT2D eigenvalue weighted by molar-refractivity contribution is 5.62. The summed E-state index contributed by atoms with van der Waals surface area (Å²) in [7, 11) is 1.92. The van der Waals surface area contributed by atoms with E-state index in [1.54, 1.807) is 12.1 Å². The Morgan fingerprint density at radius 3 is 2.61 bits per heavy atom. The summed E-state index contributed by atoms with van der Waals surface area (Å²) in [5.74, 6) is -0.235. The van der Waals surface area contributed by atoms with Gasteiger partial charge in [0, 0.05) is 43.0 Å². The third kappa shape index (κ3) is 3.65. The molecule has 6 heteroatoms. The van der Waals surface area contributed by atoms with Gasteiger partial charge in [-0.3, -0.25) is 14.7 Å². The first-order chi connectivity index (χ1) is 11.2. The Morgan fingerprint density at radius 1 is 1.17 bits per heavy atom. The van der Waals surface area contributed by atoms with Crippen molar-refractivity contribution < 1.29 is 4.39 Å². The highest BCUT2D eigenvalue weighted by Gasteiger charge is 2.12. The Kier molecular flexibility index (Phi) is 4.52. The fraction of sp³-hybridized carbons (Fsp3) is 0.294. The molecule has 0 unspecified atom stereocenters. The predicted molar refractivity (Wildman–Crippen MR) is 87.0 cm³/mol. The number of halogens is 1. The molecule has 120 valence electrons.